The highest BCUT2D eigenvalue weighted by Crippen LogP contribution is 2.20. The zero-order valence-electron chi connectivity index (χ0n) is 11.8. The summed E-state index contributed by atoms with van der Waals surface area (Å²) in [7, 11) is 0. The van der Waals surface area contributed by atoms with Crippen LogP contribution in [-0.2, 0) is 11.3 Å². The molecule has 2 rings (SSSR count). The van der Waals surface area contributed by atoms with Crippen LogP contribution < -0.4 is 4.74 Å². The van der Waals surface area contributed by atoms with E-state index >= 15 is 0 Å². The van der Waals surface area contributed by atoms with Crippen molar-refractivity contribution in [2.45, 2.75) is 19.6 Å². The summed E-state index contributed by atoms with van der Waals surface area (Å²) < 4.78 is 11.6. The van der Waals surface area contributed by atoms with Gasteiger partial charge in [-0.05, 0) is 18.6 Å². The van der Waals surface area contributed by atoms with Gasteiger partial charge in [-0.3, -0.25) is 0 Å². The third kappa shape index (κ3) is 4.25. The number of hydrogen-bond donors (Lipinski definition) is 0. The Balaban J connectivity index is 1.80. The lowest BCUT2D eigenvalue weighted by atomic mass is 10.2. The van der Waals surface area contributed by atoms with E-state index in [4.69, 9.17) is 9.47 Å². The maximum atomic E-state index is 5.88. The van der Waals surface area contributed by atoms with Gasteiger partial charge in [-0.1, -0.05) is 61.2 Å². The number of benzene rings is 2. The molecule has 1 atom stereocenters. The molecule has 20 heavy (non-hydrogen) atoms. The van der Waals surface area contributed by atoms with Crippen molar-refractivity contribution in [1.29, 1.82) is 0 Å². The fourth-order valence-electron chi connectivity index (χ4n) is 1.92. The Labute approximate surface area is 120 Å². The van der Waals surface area contributed by atoms with Crippen LogP contribution in [0.25, 0.3) is 6.08 Å². The smallest absolute Gasteiger partial charge is 0.127 e. The Hall–Kier alpha value is -2.06. The predicted molar refractivity (Wildman–Crippen MR) is 82.7 cm³/mol. The van der Waals surface area contributed by atoms with Crippen LogP contribution in [0.4, 0.5) is 0 Å². The quantitative estimate of drug-likeness (QED) is 0.744. The standard InChI is InChI=1S/C18H20O2/c1-3-17-11-7-8-12-18(17)20-15(2)13-19-14-16-9-5-4-6-10-16/h3-12,15H,1,13-14H2,2H3. The van der Waals surface area contributed by atoms with Crippen LogP contribution >= 0.6 is 0 Å². The van der Waals surface area contributed by atoms with Gasteiger partial charge in [-0.25, -0.2) is 0 Å². The minimum absolute atomic E-state index is 0.000174. The molecule has 0 aromatic heterocycles. The Morgan fingerprint density at radius 1 is 1.05 bits per heavy atom. The van der Waals surface area contributed by atoms with Crippen LogP contribution in [0.3, 0.4) is 0 Å². The zero-order valence-corrected chi connectivity index (χ0v) is 11.8. The number of para-hydroxylation sites is 1. The van der Waals surface area contributed by atoms with E-state index in [0.717, 1.165) is 11.3 Å². The van der Waals surface area contributed by atoms with E-state index in [1.54, 1.807) is 6.08 Å². The molecule has 0 spiro atoms. The second-order valence-electron chi connectivity index (χ2n) is 4.67. The first kappa shape index (κ1) is 14.4. The highest BCUT2D eigenvalue weighted by Gasteiger charge is 2.06. The van der Waals surface area contributed by atoms with Crippen LogP contribution in [0.15, 0.2) is 61.2 Å². The molecular formula is C18H20O2. The minimum atomic E-state index is -0.000174. The lowest BCUT2D eigenvalue weighted by molar-refractivity contribution is 0.0492. The largest absolute Gasteiger partial charge is 0.488 e. The summed E-state index contributed by atoms with van der Waals surface area (Å²) in [6.07, 6.45) is 1.80. The third-order valence-electron chi connectivity index (χ3n) is 2.93. The molecule has 1 unspecified atom stereocenters. The van der Waals surface area contributed by atoms with Crippen LogP contribution in [0.2, 0.25) is 0 Å². The van der Waals surface area contributed by atoms with Gasteiger partial charge in [0.15, 0.2) is 0 Å². The van der Waals surface area contributed by atoms with Gasteiger partial charge in [0.2, 0.25) is 0 Å². The lowest BCUT2D eigenvalue weighted by Gasteiger charge is -2.16. The fourth-order valence-corrected chi connectivity index (χ4v) is 1.92. The molecule has 2 aromatic rings. The van der Waals surface area contributed by atoms with E-state index in [-0.39, 0.29) is 6.10 Å². The maximum Gasteiger partial charge on any atom is 0.127 e. The summed E-state index contributed by atoms with van der Waals surface area (Å²) in [4.78, 5) is 0. The molecular weight excluding hydrogens is 248 g/mol. The molecule has 0 saturated heterocycles. The highest BCUT2D eigenvalue weighted by atomic mass is 16.5. The second kappa shape index (κ2) is 7.51. The number of ether oxygens (including phenoxy) is 2. The maximum absolute atomic E-state index is 5.88. The SMILES string of the molecule is C=Cc1ccccc1OC(C)COCc1ccccc1. The molecule has 0 N–H and O–H groups in total. The zero-order chi connectivity index (χ0) is 14.2. The predicted octanol–water partition coefficient (Wildman–Crippen LogP) is 4.31. The molecule has 0 amide bonds. The minimum Gasteiger partial charge on any atom is -0.488 e. The first-order chi connectivity index (χ1) is 9.79. The highest BCUT2D eigenvalue weighted by molar-refractivity contribution is 5.55. The molecule has 0 aliphatic rings. The van der Waals surface area contributed by atoms with E-state index in [0.29, 0.717) is 13.2 Å². The first-order valence-corrected chi connectivity index (χ1v) is 6.79. The summed E-state index contributed by atoms with van der Waals surface area (Å²) in [6.45, 7) is 6.96. The molecule has 0 radical (unpaired) electrons. The van der Waals surface area contributed by atoms with Crippen molar-refractivity contribution in [3.8, 4) is 5.75 Å². The Morgan fingerprint density at radius 3 is 2.50 bits per heavy atom. The summed E-state index contributed by atoms with van der Waals surface area (Å²) in [5.41, 5.74) is 2.17. The molecule has 0 bridgehead atoms. The van der Waals surface area contributed by atoms with Gasteiger partial charge in [0.25, 0.3) is 0 Å². The Kier molecular flexibility index (Phi) is 5.39. The van der Waals surface area contributed by atoms with Gasteiger partial charge >= 0.3 is 0 Å². The topological polar surface area (TPSA) is 18.5 Å². The third-order valence-corrected chi connectivity index (χ3v) is 2.93. The van der Waals surface area contributed by atoms with E-state index in [9.17, 15) is 0 Å². The molecule has 104 valence electrons. The molecule has 0 heterocycles. The van der Waals surface area contributed by atoms with Crippen molar-refractivity contribution >= 4 is 6.08 Å². The van der Waals surface area contributed by atoms with E-state index in [1.807, 2.05) is 49.4 Å². The van der Waals surface area contributed by atoms with Crippen molar-refractivity contribution in [1.82, 2.24) is 0 Å². The molecule has 2 heteroatoms. The molecule has 0 fully saturated rings. The van der Waals surface area contributed by atoms with Crippen LogP contribution in [0.5, 0.6) is 5.75 Å². The normalized spacial score (nSPS) is 11.8. The second-order valence-corrected chi connectivity index (χ2v) is 4.67. The monoisotopic (exact) mass is 268 g/mol. The van der Waals surface area contributed by atoms with Gasteiger partial charge in [0.1, 0.15) is 11.9 Å². The molecule has 2 aromatic carbocycles. The summed E-state index contributed by atoms with van der Waals surface area (Å²) >= 11 is 0. The summed E-state index contributed by atoms with van der Waals surface area (Å²) in [6, 6.07) is 18.0. The number of rotatable bonds is 7. The van der Waals surface area contributed by atoms with E-state index < -0.39 is 0 Å². The van der Waals surface area contributed by atoms with Crippen LogP contribution in [-0.4, -0.2) is 12.7 Å². The van der Waals surface area contributed by atoms with E-state index in [1.165, 1.54) is 5.56 Å². The first-order valence-electron chi connectivity index (χ1n) is 6.79. The van der Waals surface area contributed by atoms with E-state index in [2.05, 4.69) is 18.7 Å². The van der Waals surface area contributed by atoms with Gasteiger partial charge in [-0.2, -0.15) is 0 Å². The molecule has 0 aliphatic heterocycles. The van der Waals surface area contributed by atoms with Gasteiger partial charge in [-0.15, -0.1) is 0 Å². The van der Waals surface area contributed by atoms with Crippen molar-refractivity contribution in [3.05, 3.63) is 72.3 Å². The average molecular weight is 268 g/mol. The summed E-state index contributed by atoms with van der Waals surface area (Å²) in [5, 5.41) is 0. The van der Waals surface area contributed by atoms with Gasteiger partial charge < -0.3 is 9.47 Å². The average Bonchev–Trinajstić information content (AvgIpc) is 2.49. The Morgan fingerprint density at radius 2 is 1.75 bits per heavy atom. The van der Waals surface area contributed by atoms with Crippen molar-refractivity contribution in [2.75, 3.05) is 6.61 Å². The molecule has 0 aliphatic carbocycles. The number of hydrogen-bond acceptors (Lipinski definition) is 2. The van der Waals surface area contributed by atoms with Crippen molar-refractivity contribution in [2.24, 2.45) is 0 Å². The molecule has 2 nitrogen and oxygen atoms in total. The van der Waals surface area contributed by atoms with Crippen LogP contribution in [0, 0.1) is 0 Å². The lowest BCUT2D eigenvalue weighted by Crippen LogP contribution is -2.19. The van der Waals surface area contributed by atoms with Crippen molar-refractivity contribution in [3.63, 3.8) is 0 Å². The fraction of sp³-hybridized carbons (Fsp3) is 0.222. The van der Waals surface area contributed by atoms with Crippen molar-refractivity contribution < 1.29 is 9.47 Å². The van der Waals surface area contributed by atoms with Gasteiger partial charge in [0.05, 0.1) is 13.2 Å². The Bertz CT molecular complexity index is 534. The van der Waals surface area contributed by atoms with Crippen LogP contribution in [0.1, 0.15) is 18.1 Å². The summed E-state index contributed by atoms with van der Waals surface area (Å²) in [5.74, 6) is 0.846. The molecule has 0 saturated carbocycles. The van der Waals surface area contributed by atoms with Gasteiger partial charge in [0, 0.05) is 5.56 Å².